The monoisotopic (exact) mass is 307 g/mol. The Bertz CT molecular complexity index is 465. The second kappa shape index (κ2) is 6.76. The molecule has 1 aliphatic heterocycles. The number of thiazole rings is 1. The molecular weight excluding hydrogens is 278 g/mol. The molecule has 1 aromatic rings. The van der Waals surface area contributed by atoms with Crippen molar-refractivity contribution in [3.05, 3.63) is 15.6 Å². The number of hydrogen-bond acceptors (Lipinski definition) is 4. The topological polar surface area (TPSA) is 37.0 Å². The lowest BCUT2D eigenvalue weighted by Gasteiger charge is -2.34. The number of nitrogens with zero attached hydrogens (tertiary/aromatic N) is 1. The fraction of sp³-hybridized carbons (Fsp3) is 0.824. The molecule has 21 heavy (non-hydrogen) atoms. The van der Waals surface area contributed by atoms with Gasteiger partial charge >= 0.3 is 0 Å². The van der Waals surface area contributed by atoms with Crippen LogP contribution in [0.5, 0.6) is 0 Å². The van der Waals surface area contributed by atoms with E-state index in [2.05, 4.69) is 36.4 Å². The van der Waals surface area contributed by atoms with E-state index in [9.17, 15) is 0 Å². The SMILES string of the molecule is Cc1nc(C)c(C(C)NC2CCCC2C2CCCCN2)s1. The zero-order valence-corrected chi connectivity index (χ0v) is 14.4. The molecule has 0 bridgehead atoms. The first-order valence-electron chi connectivity index (χ1n) is 8.58. The first-order valence-corrected chi connectivity index (χ1v) is 9.40. The van der Waals surface area contributed by atoms with Gasteiger partial charge < -0.3 is 10.6 Å². The Balaban J connectivity index is 1.64. The first kappa shape index (κ1) is 15.4. The van der Waals surface area contributed by atoms with E-state index < -0.39 is 0 Å². The third-order valence-corrected chi connectivity index (χ3v) is 6.49. The number of rotatable bonds is 4. The minimum absolute atomic E-state index is 0.436. The lowest BCUT2D eigenvalue weighted by atomic mass is 9.88. The molecule has 2 fully saturated rings. The average molecular weight is 308 g/mol. The Kier molecular flexibility index (Phi) is 4.97. The molecular formula is C17H29N3S. The number of aryl methyl sites for hydroxylation is 2. The quantitative estimate of drug-likeness (QED) is 0.890. The van der Waals surface area contributed by atoms with Gasteiger partial charge in [0.15, 0.2) is 0 Å². The maximum absolute atomic E-state index is 4.58. The normalized spacial score (nSPS) is 31.5. The summed E-state index contributed by atoms with van der Waals surface area (Å²) in [6.45, 7) is 7.78. The molecule has 2 aliphatic rings. The maximum Gasteiger partial charge on any atom is 0.0900 e. The summed E-state index contributed by atoms with van der Waals surface area (Å²) in [4.78, 5) is 6.01. The highest BCUT2D eigenvalue weighted by atomic mass is 32.1. The van der Waals surface area contributed by atoms with Crippen molar-refractivity contribution in [2.75, 3.05) is 6.54 Å². The summed E-state index contributed by atoms with van der Waals surface area (Å²) in [6, 6.07) is 1.86. The Labute approximate surface area is 132 Å². The third-order valence-electron chi connectivity index (χ3n) is 5.23. The summed E-state index contributed by atoms with van der Waals surface area (Å²) in [5.41, 5.74) is 1.21. The van der Waals surface area contributed by atoms with Crippen LogP contribution < -0.4 is 10.6 Å². The molecule has 3 nitrogen and oxygen atoms in total. The lowest BCUT2D eigenvalue weighted by molar-refractivity contribution is 0.249. The van der Waals surface area contributed by atoms with Crippen LogP contribution in [0.25, 0.3) is 0 Å². The van der Waals surface area contributed by atoms with Gasteiger partial charge in [0.05, 0.1) is 10.7 Å². The van der Waals surface area contributed by atoms with Gasteiger partial charge in [-0.2, -0.15) is 0 Å². The average Bonchev–Trinajstić information content (AvgIpc) is 3.06. The van der Waals surface area contributed by atoms with Gasteiger partial charge in [-0.05, 0) is 58.9 Å². The summed E-state index contributed by atoms with van der Waals surface area (Å²) in [5.74, 6) is 0.821. The molecule has 2 heterocycles. The fourth-order valence-electron chi connectivity index (χ4n) is 4.27. The smallest absolute Gasteiger partial charge is 0.0900 e. The summed E-state index contributed by atoms with van der Waals surface area (Å²) < 4.78 is 0. The van der Waals surface area contributed by atoms with E-state index in [1.165, 1.54) is 60.6 Å². The largest absolute Gasteiger partial charge is 0.314 e. The standard InChI is InChI=1S/C17H29N3S/c1-11-17(21-13(3)19-11)12(2)20-16-9-6-7-14(16)15-8-4-5-10-18-15/h12,14-16,18,20H,4-10H2,1-3H3. The van der Waals surface area contributed by atoms with Crippen LogP contribution in [0.15, 0.2) is 0 Å². The summed E-state index contributed by atoms with van der Waals surface area (Å²) in [7, 11) is 0. The molecule has 4 unspecified atom stereocenters. The Morgan fingerprint density at radius 1 is 1.19 bits per heavy atom. The Morgan fingerprint density at radius 2 is 2.05 bits per heavy atom. The minimum Gasteiger partial charge on any atom is -0.314 e. The van der Waals surface area contributed by atoms with Crippen LogP contribution in [0.1, 0.15) is 67.1 Å². The van der Waals surface area contributed by atoms with E-state index in [1.54, 1.807) is 0 Å². The van der Waals surface area contributed by atoms with E-state index >= 15 is 0 Å². The molecule has 2 N–H and O–H groups in total. The van der Waals surface area contributed by atoms with Crippen LogP contribution in [0, 0.1) is 19.8 Å². The van der Waals surface area contributed by atoms with Crippen LogP contribution in [0.4, 0.5) is 0 Å². The minimum atomic E-state index is 0.436. The molecule has 1 saturated carbocycles. The summed E-state index contributed by atoms with van der Waals surface area (Å²) in [6.07, 6.45) is 8.25. The van der Waals surface area contributed by atoms with Gasteiger partial charge in [0.1, 0.15) is 0 Å². The van der Waals surface area contributed by atoms with Gasteiger partial charge in [-0.25, -0.2) is 4.98 Å². The molecule has 0 aromatic carbocycles. The molecule has 118 valence electrons. The molecule has 3 rings (SSSR count). The van der Waals surface area contributed by atoms with Crippen molar-refractivity contribution in [3.8, 4) is 0 Å². The molecule has 0 amide bonds. The van der Waals surface area contributed by atoms with Crippen LogP contribution in [-0.2, 0) is 0 Å². The van der Waals surface area contributed by atoms with Crippen molar-refractivity contribution in [2.45, 2.75) is 77.4 Å². The van der Waals surface area contributed by atoms with E-state index in [1.807, 2.05) is 11.3 Å². The molecule has 4 atom stereocenters. The van der Waals surface area contributed by atoms with Gasteiger partial charge in [0, 0.05) is 23.0 Å². The summed E-state index contributed by atoms with van der Waals surface area (Å²) >= 11 is 1.85. The molecule has 1 aromatic heterocycles. The number of hydrogen-bond donors (Lipinski definition) is 2. The van der Waals surface area contributed by atoms with Crippen LogP contribution >= 0.6 is 11.3 Å². The highest BCUT2D eigenvalue weighted by Crippen LogP contribution is 2.34. The summed E-state index contributed by atoms with van der Waals surface area (Å²) in [5, 5.41) is 8.88. The Morgan fingerprint density at radius 3 is 2.71 bits per heavy atom. The van der Waals surface area contributed by atoms with Crippen LogP contribution in [0.2, 0.25) is 0 Å². The van der Waals surface area contributed by atoms with Crippen molar-refractivity contribution in [3.63, 3.8) is 0 Å². The Hall–Kier alpha value is -0.450. The third kappa shape index (κ3) is 3.49. The second-order valence-corrected chi connectivity index (χ2v) is 8.06. The zero-order chi connectivity index (χ0) is 14.8. The van der Waals surface area contributed by atoms with Gasteiger partial charge in [0.25, 0.3) is 0 Å². The van der Waals surface area contributed by atoms with Gasteiger partial charge in [-0.3, -0.25) is 0 Å². The van der Waals surface area contributed by atoms with E-state index in [-0.39, 0.29) is 0 Å². The van der Waals surface area contributed by atoms with Crippen LogP contribution in [0.3, 0.4) is 0 Å². The predicted octanol–water partition coefficient (Wildman–Crippen LogP) is 3.72. The number of piperidine rings is 1. The molecule has 1 aliphatic carbocycles. The molecule has 0 radical (unpaired) electrons. The van der Waals surface area contributed by atoms with Gasteiger partial charge in [-0.1, -0.05) is 12.8 Å². The first-order chi connectivity index (χ1) is 10.1. The number of aromatic nitrogens is 1. The second-order valence-electron chi connectivity index (χ2n) is 6.83. The fourth-order valence-corrected chi connectivity index (χ4v) is 5.21. The predicted molar refractivity (Wildman–Crippen MR) is 89.9 cm³/mol. The maximum atomic E-state index is 4.58. The highest BCUT2D eigenvalue weighted by molar-refractivity contribution is 7.11. The van der Waals surface area contributed by atoms with Crippen molar-refractivity contribution >= 4 is 11.3 Å². The van der Waals surface area contributed by atoms with Gasteiger partial charge in [0.2, 0.25) is 0 Å². The highest BCUT2D eigenvalue weighted by Gasteiger charge is 2.35. The van der Waals surface area contributed by atoms with Crippen molar-refractivity contribution in [1.82, 2.24) is 15.6 Å². The van der Waals surface area contributed by atoms with Crippen LogP contribution in [-0.4, -0.2) is 23.6 Å². The molecule has 4 heteroatoms. The lowest BCUT2D eigenvalue weighted by Crippen LogP contribution is -2.47. The van der Waals surface area contributed by atoms with E-state index in [4.69, 9.17) is 0 Å². The van der Waals surface area contributed by atoms with E-state index in [0.717, 1.165) is 12.0 Å². The molecule has 1 saturated heterocycles. The van der Waals surface area contributed by atoms with Crippen molar-refractivity contribution in [2.24, 2.45) is 5.92 Å². The number of nitrogens with one attached hydrogen (secondary N) is 2. The van der Waals surface area contributed by atoms with Crippen molar-refractivity contribution < 1.29 is 0 Å². The van der Waals surface area contributed by atoms with Crippen molar-refractivity contribution in [1.29, 1.82) is 0 Å². The van der Waals surface area contributed by atoms with Gasteiger partial charge in [-0.15, -0.1) is 11.3 Å². The molecule has 0 spiro atoms. The van der Waals surface area contributed by atoms with E-state index in [0.29, 0.717) is 12.1 Å². The zero-order valence-electron chi connectivity index (χ0n) is 13.6.